The third-order valence-electron chi connectivity index (χ3n) is 16.7. The first-order valence-electron chi connectivity index (χ1n) is 8.40. The molecule has 10 aliphatic heterocycles. The van der Waals surface area contributed by atoms with E-state index in [9.17, 15) is 0 Å². The van der Waals surface area contributed by atoms with Gasteiger partial charge in [0.1, 0.15) is 0 Å². The van der Waals surface area contributed by atoms with Crippen molar-refractivity contribution in [1.82, 2.24) is 0 Å². The summed E-state index contributed by atoms with van der Waals surface area (Å²) in [4.78, 5) is 11.4. The zero-order valence-corrected chi connectivity index (χ0v) is 14.6. The molecule has 0 N–H and O–H groups in total. The van der Waals surface area contributed by atoms with Crippen LogP contribution in [-0.2, 0) is 6.51 Å². The number of alkyl halides is 1. The van der Waals surface area contributed by atoms with Gasteiger partial charge < -0.3 is 0 Å². The van der Waals surface area contributed by atoms with Crippen LogP contribution in [-0.4, -0.2) is 2.32 Å². The third-order valence-corrected chi connectivity index (χ3v) is 69.8. The SMILES string of the molecule is CC(c1ccccc1)[C]12[CH]3[CH]4[CH]5[CH]1[Fe]45321678[CH]2[CH]1[CH]6[C]7(I)[CH]28. The molecule has 11 rings (SSSR count). The molecule has 0 nitrogen and oxygen atoms in total. The van der Waals surface area contributed by atoms with Crippen LogP contribution in [0.1, 0.15) is 18.4 Å². The fraction of sp³-hybridized carbons (Fsp3) is 0.667. The van der Waals surface area contributed by atoms with Gasteiger partial charge in [0.15, 0.2) is 0 Å². The fourth-order valence-corrected chi connectivity index (χ4v) is 113. The molecule has 20 heavy (non-hydrogen) atoms. The maximum absolute atomic E-state index is 3.12. The molecular weight excluding hydrogens is 399 g/mol. The summed E-state index contributed by atoms with van der Waals surface area (Å²) in [6, 6.07) is 11.7. The van der Waals surface area contributed by atoms with Gasteiger partial charge in [0.25, 0.3) is 0 Å². The first kappa shape index (κ1) is 8.36. The molecule has 10 aliphatic rings. The van der Waals surface area contributed by atoms with E-state index in [1.807, 2.05) is 0 Å². The Labute approximate surface area is 122 Å². The first-order valence-corrected chi connectivity index (χ1v) is 15.7. The fourth-order valence-electron chi connectivity index (χ4n) is 18.6. The van der Waals surface area contributed by atoms with Gasteiger partial charge in [-0.05, 0) is 0 Å². The molecule has 9 unspecified atom stereocenters. The molecule has 104 valence electrons. The molecule has 0 aromatic heterocycles. The Balaban J connectivity index is 1.43. The van der Waals surface area contributed by atoms with Crippen LogP contribution in [0.5, 0.6) is 0 Å². The van der Waals surface area contributed by atoms with Gasteiger partial charge in [-0.3, -0.25) is 0 Å². The summed E-state index contributed by atoms with van der Waals surface area (Å²) < 4.78 is 2.05. The first-order chi connectivity index (χ1) is 9.45. The Bertz CT molecular complexity index is 1220. The summed E-state index contributed by atoms with van der Waals surface area (Å²) in [6.07, 6.45) is 0. The van der Waals surface area contributed by atoms with Crippen molar-refractivity contribution in [2.45, 2.75) is 58.0 Å². The Kier molecular flexibility index (Phi) is 0.325. The van der Waals surface area contributed by atoms with Gasteiger partial charge in [-0.1, -0.05) is 0 Å². The van der Waals surface area contributed by atoms with E-state index in [1.54, 1.807) is 5.56 Å². The summed E-state index contributed by atoms with van der Waals surface area (Å²) in [5.74, 6) is 0.935. The Morgan fingerprint density at radius 3 is 1.85 bits per heavy atom. The van der Waals surface area contributed by atoms with Gasteiger partial charge >= 0.3 is 123 Å². The average Bonchev–Trinajstić information content (AvgIpc) is 3.42. The molecule has 0 aliphatic carbocycles. The minimum atomic E-state index is -3.02. The van der Waals surface area contributed by atoms with E-state index < -0.39 is 6.51 Å². The maximum atomic E-state index is 3.12. The van der Waals surface area contributed by atoms with Crippen molar-refractivity contribution in [1.29, 1.82) is 0 Å². The molecule has 0 amide bonds. The van der Waals surface area contributed by atoms with Crippen LogP contribution in [0.15, 0.2) is 30.3 Å². The van der Waals surface area contributed by atoms with E-state index in [1.165, 1.54) is 38.5 Å². The molecule has 0 radical (unpaired) electrons. The van der Waals surface area contributed by atoms with Gasteiger partial charge in [0, 0.05) is 0 Å². The van der Waals surface area contributed by atoms with Crippen LogP contribution >= 0.6 is 22.6 Å². The second kappa shape index (κ2) is 0.777. The zero-order chi connectivity index (χ0) is 12.6. The van der Waals surface area contributed by atoms with E-state index in [4.69, 9.17) is 0 Å². The van der Waals surface area contributed by atoms with Crippen molar-refractivity contribution < 1.29 is 6.51 Å². The summed E-state index contributed by atoms with van der Waals surface area (Å²) >= 11 is 3.12. The van der Waals surface area contributed by atoms with E-state index in [0.29, 0.717) is 0 Å². The van der Waals surface area contributed by atoms with Crippen LogP contribution in [0.2, 0.25) is 42.8 Å². The summed E-state index contributed by atoms with van der Waals surface area (Å²) in [5, 5.41) is 0. The molecule has 1 spiro atoms. The van der Waals surface area contributed by atoms with E-state index in [0.717, 1.165) is 12.6 Å². The van der Waals surface area contributed by atoms with Crippen molar-refractivity contribution in [3.05, 3.63) is 35.9 Å². The summed E-state index contributed by atoms with van der Waals surface area (Å²) in [5.41, 5.74) is 1.71. The monoisotopic (exact) mass is 416 g/mol. The zero-order valence-electron chi connectivity index (χ0n) is 11.3. The van der Waals surface area contributed by atoms with E-state index in [2.05, 4.69) is 59.8 Å². The van der Waals surface area contributed by atoms with Crippen molar-refractivity contribution in [3.8, 4) is 0 Å². The molecule has 1 aromatic carbocycles. The average molecular weight is 416 g/mol. The number of benzene rings is 1. The third kappa shape index (κ3) is 0.0943. The Morgan fingerprint density at radius 2 is 1.50 bits per heavy atom. The van der Waals surface area contributed by atoms with Gasteiger partial charge in [-0.2, -0.15) is 0 Å². The molecule has 0 bridgehead atoms. The van der Waals surface area contributed by atoms with Crippen LogP contribution in [0, 0.1) is 0 Å². The summed E-state index contributed by atoms with van der Waals surface area (Å²) in [7, 11) is 0. The van der Waals surface area contributed by atoms with Crippen LogP contribution in [0.4, 0.5) is 0 Å². The standard InChI is InChI=1S/C13H13.C5H4I.Fe/c1-11(13-9-5-6-10-13)12-7-3-2-4-8-12;6-5-3-1-2-4-5;/h2-11H,1H3;1-4H;. The van der Waals surface area contributed by atoms with Crippen molar-refractivity contribution in [2.24, 2.45) is 0 Å². The predicted molar refractivity (Wildman–Crippen MR) is 84.3 cm³/mol. The van der Waals surface area contributed by atoms with Gasteiger partial charge in [0.05, 0.1) is 0 Å². The molecule has 1 aromatic rings. The van der Waals surface area contributed by atoms with Crippen molar-refractivity contribution in [2.75, 3.05) is 0 Å². The minimum absolute atomic E-state index is 0.935. The molecule has 10 fully saturated rings. The second-order valence-corrected chi connectivity index (χ2v) is 37.9. The molecule has 10 saturated heterocycles. The van der Waals surface area contributed by atoms with Crippen LogP contribution < -0.4 is 0 Å². The molecule has 10 heterocycles. The molecule has 9 atom stereocenters. The Hall–Kier alpha value is 0.469. The quantitative estimate of drug-likeness (QED) is 0.321. The van der Waals surface area contributed by atoms with E-state index in [-0.39, 0.29) is 0 Å². The molecule has 0 saturated carbocycles. The number of rotatable bonds is 2. The number of fused-ring (bicyclic) bond motifs is 10. The number of hydrogen-bond donors (Lipinski definition) is 0. The van der Waals surface area contributed by atoms with Crippen molar-refractivity contribution >= 4 is 22.6 Å². The molecule has 2 heteroatoms. The van der Waals surface area contributed by atoms with Gasteiger partial charge in [0.2, 0.25) is 0 Å². The predicted octanol–water partition coefficient (Wildman–Crippen LogP) is 5.89. The van der Waals surface area contributed by atoms with E-state index >= 15 is 0 Å². The van der Waals surface area contributed by atoms with Crippen LogP contribution in [0.3, 0.4) is 0 Å². The second-order valence-electron chi connectivity index (χ2n) is 11.9. The number of halogens is 1. The van der Waals surface area contributed by atoms with Gasteiger partial charge in [-0.15, -0.1) is 0 Å². The van der Waals surface area contributed by atoms with Crippen molar-refractivity contribution in [3.63, 3.8) is 0 Å². The summed E-state index contributed by atoms with van der Waals surface area (Å²) in [6.45, 7) is -0.352. The normalized spacial score (nSPS) is 108. The van der Waals surface area contributed by atoms with Gasteiger partial charge in [-0.25, -0.2) is 0 Å². The Morgan fingerprint density at radius 1 is 0.950 bits per heavy atom. The topological polar surface area (TPSA) is 0 Å². The van der Waals surface area contributed by atoms with Crippen LogP contribution in [0.25, 0.3) is 0 Å². The number of hydrogen-bond acceptors (Lipinski definition) is 0. The molecular formula is C18H17FeI.